The normalized spacial score (nSPS) is 19.3. The minimum atomic E-state index is -0.506. The van der Waals surface area contributed by atoms with E-state index in [-0.39, 0.29) is 23.5 Å². The van der Waals surface area contributed by atoms with E-state index in [0.717, 1.165) is 42.9 Å². The number of benzene rings is 2. The Labute approximate surface area is 168 Å². The van der Waals surface area contributed by atoms with Crippen molar-refractivity contribution in [2.45, 2.75) is 25.3 Å². The molecule has 2 aliphatic heterocycles. The number of rotatable bonds is 4. The number of ether oxygens (including phenoxy) is 2. The van der Waals surface area contributed by atoms with Crippen LogP contribution < -0.4 is 14.8 Å². The van der Waals surface area contributed by atoms with Crippen molar-refractivity contribution in [1.82, 2.24) is 4.90 Å². The second-order valence-corrected chi connectivity index (χ2v) is 7.47. The summed E-state index contributed by atoms with van der Waals surface area (Å²) < 4.78 is 24.8. The third-order valence-electron chi connectivity index (χ3n) is 5.07. The van der Waals surface area contributed by atoms with Gasteiger partial charge >= 0.3 is 0 Å². The summed E-state index contributed by atoms with van der Waals surface area (Å²) in [6.07, 6.45) is 2.87. The first-order chi connectivity index (χ1) is 13.6. The molecule has 0 aliphatic carbocycles. The maximum absolute atomic E-state index is 13.3. The zero-order valence-electron chi connectivity index (χ0n) is 15.4. The van der Waals surface area contributed by atoms with Gasteiger partial charge in [0, 0.05) is 18.2 Å². The fourth-order valence-electron chi connectivity index (χ4n) is 3.74. The summed E-state index contributed by atoms with van der Waals surface area (Å²) in [5, 5.41) is 2.78. The molecule has 1 amide bonds. The molecule has 28 heavy (non-hydrogen) atoms. The molecule has 0 radical (unpaired) electrons. The third-order valence-corrected chi connectivity index (χ3v) is 5.36. The Morgan fingerprint density at radius 3 is 2.79 bits per heavy atom. The largest absolute Gasteiger partial charge is 0.490 e. The lowest BCUT2D eigenvalue weighted by Crippen LogP contribution is -2.33. The van der Waals surface area contributed by atoms with Gasteiger partial charge in [0.25, 0.3) is 0 Å². The number of likely N-dealkylation sites (tertiary alicyclic amines) is 1. The van der Waals surface area contributed by atoms with Gasteiger partial charge in [-0.2, -0.15) is 0 Å². The molecule has 1 atom stereocenters. The number of nitrogens with one attached hydrogen (secondary N) is 1. The zero-order chi connectivity index (χ0) is 19.5. The molecular weight excluding hydrogens is 383 g/mol. The van der Waals surface area contributed by atoms with Crippen molar-refractivity contribution < 1.29 is 18.7 Å². The van der Waals surface area contributed by atoms with Crippen LogP contribution >= 0.6 is 11.6 Å². The fourth-order valence-corrected chi connectivity index (χ4v) is 3.92. The van der Waals surface area contributed by atoms with Crippen LogP contribution in [0.25, 0.3) is 0 Å². The maximum atomic E-state index is 13.3. The minimum Gasteiger partial charge on any atom is -0.490 e. The average Bonchev–Trinajstić information content (AvgIpc) is 3.00. The van der Waals surface area contributed by atoms with Gasteiger partial charge in [0.05, 0.1) is 24.8 Å². The lowest BCUT2D eigenvalue weighted by Gasteiger charge is -2.25. The van der Waals surface area contributed by atoms with E-state index in [1.165, 1.54) is 18.2 Å². The van der Waals surface area contributed by atoms with Crippen molar-refractivity contribution in [3.05, 3.63) is 52.8 Å². The molecule has 1 N–H and O–H groups in total. The maximum Gasteiger partial charge on any atom is 0.238 e. The third kappa shape index (κ3) is 4.23. The number of anilines is 1. The predicted molar refractivity (Wildman–Crippen MR) is 106 cm³/mol. The van der Waals surface area contributed by atoms with Crippen LogP contribution in [0.15, 0.2) is 36.4 Å². The minimum absolute atomic E-state index is 0.0101. The lowest BCUT2D eigenvalue weighted by atomic mass is 10.0. The number of carbonyl (C=O) groups is 1. The second kappa shape index (κ2) is 8.37. The summed E-state index contributed by atoms with van der Waals surface area (Å²) in [6, 6.07) is 10.3. The quantitative estimate of drug-likeness (QED) is 0.819. The summed E-state index contributed by atoms with van der Waals surface area (Å²) in [7, 11) is 0. The molecule has 0 aromatic heterocycles. The van der Waals surface area contributed by atoms with Crippen molar-refractivity contribution in [3.8, 4) is 11.5 Å². The molecule has 2 aromatic carbocycles. The van der Waals surface area contributed by atoms with E-state index >= 15 is 0 Å². The summed E-state index contributed by atoms with van der Waals surface area (Å²) in [5.41, 5.74) is 1.61. The van der Waals surface area contributed by atoms with Gasteiger partial charge in [0.2, 0.25) is 5.91 Å². The second-order valence-electron chi connectivity index (χ2n) is 7.06. The van der Waals surface area contributed by atoms with Gasteiger partial charge in [-0.3, -0.25) is 9.69 Å². The Balaban J connectivity index is 1.44. The van der Waals surface area contributed by atoms with Crippen LogP contribution in [0.1, 0.15) is 30.9 Å². The van der Waals surface area contributed by atoms with Crippen molar-refractivity contribution in [2.24, 2.45) is 0 Å². The van der Waals surface area contributed by atoms with Gasteiger partial charge < -0.3 is 14.8 Å². The first kappa shape index (κ1) is 19.0. The van der Waals surface area contributed by atoms with E-state index in [1.807, 2.05) is 18.2 Å². The SMILES string of the molecule is O=C(CN1CCC[C@@H]1c1ccc2c(c1)OCCCO2)Nc1ccc(F)c(Cl)c1. The first-order valence-electron chi connectivity index (χ1n) is 9.48. The molecule has 7 heteroatoms. The van der Waals surface area contributed by atoms with Crippen LogP contribution in [0.5, 0.6) is 11.5 Å². The number of carbonyl (C=O) groups excluding carboxylic acids is 1. The molecule has 0 unspecified atom stereocenters. The molecule has 1 fully saturated rings. The molecule has 148 valence electrons. The Morgan fingerprint density at radius 2 is 1.96 bits per heavy atom. The molecule has 5 nitrogen and oxygen atoms in total. The molecule has 0 spiro atoms. The fraction of sp³-hybridized carbons (Fsp3) is 0.381. The predicted octanol–water partition coefficient (Wildman–Crippen LogP) is 4.42. The Morgan fingerprint density at radius 1 is 1.14 bits per heavy atom. The monoisotopic (exact) mass is 404 g/mol. The van der Waals surface area contributed by atoms with E-state index in [0.29, 0.717) is 18.9 Å². The highest BCUT2D eigenvalue weighted by Gasteiger charge is 2.28. The van der Waals surface area contributed by atoms with Gasteiger partial charge in [0.1, 0.15) is 5.82 Å². The van der Waals surface area contributed by atoms with Crippen LogP contribution in [0.2, 0.25) is 5.02 Å². The van der Waals surface area contributed by atoms with Crippen LogP contribution in [-0.2, 0) is 4.79 Å². The standard InChI is InChI=1S/C21H22ClFN2O3/c22-16-12-15(5-6-17(16)23)24-21(26)13-25-8-1-3-18(25)14-4-7-19-20(11-14)28-10-2-9-27-19/h4-7,11-12,18H,1-3,8-10,13H2,(H,24,26)/t18-/m1/s1. The highest BCUT2D eigenvalue weighted by atomic mass is 35.5. The van der Waals surface area contributed by atoms with E-state index in [1.54, 1.807) is 0 Å². The topological polar surface area (TPSA) is 50.8 Å². The van der Waals surface area contributed by atoms with E-state index < -0.39 is 5.82 Å². The van der Waals surface area contributed by atoms with Gasteiger partial charge in [-0.15, -0.1) is 0 Å². The van der Waals surface area contributed by atoms with Crippen molar-refractivity contribution in [1.29, 1.82) is 0 Å². The summed E-state index contributed by atoms with van der Waals surface area (Å²) in [5.74, 6) is 0.890. The molecule has 1 saturated heterocycles. The number of amides is 1. The van der Waals surface area contributed by atoms with Crippen molar-refractivity contribution in [3.63, 3.8) is 0 Å². The van der Waals surface area contributed by atoms with Crippen molar-refractivity contribution in [2.75, 3.05) is 31.6 Å². The number of halogens is 2. The highest BCUT2D eigenvalue weighted by Crippen LogP contribution is 2.37. The van der Waals surface area contributed by atoms with Gasteiger partial charge in [-0.1, -0.05) is 17.7 Å². The molecular formula is C21H22ClFN2O3. The molecule has 0 saturated carbocycles. The van der Waals surface area contributed by atoms with Crippen LogP contribution in [0.4, 0.5) is 10.1 Å². The Kier molecular flexibility index (Phi) is 5.69. The van der Waals surface area contributed by atoms with Gasteiger partial charge in [-0.05, 0) is 55.3 Å². The summed E-state index contributed by atoms with van der Waals surface area (Å²) in [4.78, 5) is 14.6. The van der Waals surface area contributed by atoms with Crippen LogP contribution in [0, 0.1) is 5.82 Å². The van der Waals surface area contributed by atoms with Gasteiger partial charge in [-0.25, -0.2) is 4.39 Å². The molecule has 2 aliphatic rings. The van der Waals surface area contributed by atoms with Gasteiger partial charge in [0.15, 0.2) is 11.5 Å². The smallest absolute Gasteiger partial charge is 0.238 e. The zero-order valence-corrected chi connectivity index (χ0v) is 16.2. The van der Waals surface area contributed by atoms with E-state index in [2.05, 4.69) is 10.2 Å². The van der Waals surface area contributed by atoms with Crippen LogP contribution in [-0.4, -0.2) is 37.1 Å². The number of fused-ring (bicyclic) bond motifs is 1. The van der Waals surface area contributed by atoms with Crippen LogP contribution in [0.3, 0.4) is 0 Å². The number of hydrogen-bond acceptors (Lipinski definition) is 4. The molecule has 0 bridgehead atoms. The number of hydrogen-bond donors (Lipinski definition) is 1. The highest BCUT2D eigenvalue weighted by molar-refractivity contribution is 6.31. The molecule has 4 rings (SSSR count). The average molecular weight is 405 g/mol. The van der Waals surface area contributed by atoms with E-state index in [9.17, 15) is 9.18 Å². The lowest BCUT2D eigenvalue weighted by molar-refractivity contribution is -0.117. The summed E-state index contributed by atoms with van der Waals surface area (Å²) in [6.45, 7) is 2.41. The first-order valence-corrected chi connectivity index (χ1v) is 9.86. The molecule has 2 heterocycles. The molecule has 2 aromatic rings. The van der Waals surface area contributed by atoms with E-state index in [4.69, 9.17) is 21.1 Å². The summed E-state index contributed by atoms with van der Waals surface area (Å²) >= 11 is 5.78. The Hall–Kier alpha value is -2.31. The van der Waals surface area contributed by atoms with Crippen molar-refractivity contribution >= 4 is 23.2 Å². The number of nitrogens with zero attached hydrogens (tertiary/aromatic N) is 1. The Bertz CT molecular complexity index is 877.